The zero-order valence-electron chi connectivity index (χ0n) is 10.1. The Hall–Kier alpha value is -0.450. The van der Waals surface area contributed by atoms with Crippen LogP contribution in [0.2, 0.25) is 0 Å². The standard InChI is InChI=1S/C7H13NO2.C4H11N/c1-2-6(9)7-5-8-3-4-10-7;1-3-5-4-2/h7-8H,2-5H2,1H3;5H,3-4H2,1-2H3. The number of carbonyl (C=O) groups excluding carboxylic acids is 1. The maximum Gasteiger partial charge on any atom is 0.162 e. The summed E-state index contributed by atoms with van der Waals surface area (Å²) >= 11 is 0. The minimum absolute atomic E-state index is 0.182. The normalized spacial score (nSPS) is 20.3. The fourth-order valence-electron chi connectivity index (χ4n) is 1.25. The summed E-state index contributed by atoms with van der Waals surface area (Å²) in [6.45, 7) is 10.5. The first kappa shape index (κ1) is 14.6. The molecule has 2 N–H and O–H groups in total. The second kappa shape index (κ2) is 10.1. The van der Waals surface area contributed by atoms with Gasteiger partial charge in [-0.25, -0.2) is 0 Å². The number of ether oxygens (including phenoxy) is 1. The molecule has 1 unspecified atom stereocenters. The van der Waals surface area contributed by atoms with Crippen molar-refractivity contribution in [2.45, 2.75) is 33.3 Å². The fraction of sp³-hybridized carbons (Fsp3) is 0.909. The van der Waals surface area contributed by atoms with Gasteiger partial charge in [0.1, 0.15) is 6.10 Å². The molecule has 0 bridgehead atoms. The van der Waals surface area contributed by atoms with E-state index in [1.807, 2.05) is 6.92 Å². The summed E-state index contributed by atoms with van der Waals surface area (Å²) in [5, 5.41) is 6.22. The quantitative estimate of drug-likeness (QED) is 0.721. The molecule has 0 aliphatic carbocycles. The van der Waals surface area contributed by atoms with Crippen molar-refractivity contribution in [1.82, 2.24) is 10.6 Å². The third kappa shape index (κ3) is 7.48. The van der Waals surface area contributed by atoms with E-state index in [4.69, 9.17) is 4.74 Å². The molecule has 1 aliphatic rings. The number of nitrogens with one attached hydrogen (secondary N) is 2. The van der Waals surface area contributed by atoms with Crippen LogP contribution in [0.4, 0.5) is 0 Å². The molecule has 0 radical (unpaired) electrons. The molecule has 0 aromatic carbocycles. The first-order valence-electron chi connectivity index (χ1n) is 5.81. The summed E-state index contributed by atoms with van der Waals surface area (Å²) in [6, 6.07) is 0. The van der Waals surface area contributed by atoms with E-state index in [1.165, 1.54) is 0 Å². The Morgan fingerprint density at radius 1 is 1.40 bits per heavy atom. The zero-order valence-corrected chi connectivity index (χ0v) is 10.1. The Bertz CT molecular complexity index is 155. The van der Waals surface area contributed by atoms with Crippen molar-refractivity contribution < 1.29 is 9.53 Å². The maximum absolute atomic E-state index is 11.0. The largest absolute Gasteiger partial charge is 0.368 e. The van der Waals surface area contributed by atoms with E-state index in [-0.39, 0.29) is 11.9 Å². The predicted molar refractivity (Wildman–Crippen MR) is 62.1 cm³/mol. The van der Waals surface area contributed by atoms with E-state index < -0.39 is 0 Å². The number of rotatable bonds is 4. The molecule has 1 rings (SSSR count). The smallest absolute Gasteiger partial charge is 0.162 e. The number of Topliss-reactive ketones (excluding diaryl/α,β-unsaturated/α-hetero) is 1. The molecule has 1 fully saturated rings. The van der Waals surface area contributed by atoms with Crippen LogP contribution in [-0.4, -0.2) is 44.7 Å². The first-order valence-corrected chi connectivity index (χ1v) is 5.81. The predicted octanol–water partition coefficient (Wildman–Crippen LogP) is 0.570. The van der Waals surface area contributed by atoms with Gasteiger partial charge < -0.3 is 15.4 Å². The van der Waals surface area contributed by atoms with E-state index in [9.17, 15) is 4.79 Å². The Morgan fingerprint density at radius 3 is 2.40 bits per heavy atom. The highest BCUT2D eigenvalue weighted by Gasteiger charge is 2.19. The number of hydrogen-bond donors (Lipinski definition) is 2. The van der Waals surface area contributed by atoms with E-state index >= 15 is 0 Å². The van der Waals surface area contributed by atoms with Gasteiger partial charge in [-0.05, 0) is 13.1 Å². The molecule has 4 heteroatoms. The minimum Gasteiger partial charge on any atom is -0.368 e. The van der Waals surface area contributed by atoms with Gasteiger partial charge in [-0.3, -0.25) is 4.79 Å². The molecule has 1 aliphatic heterocycles. The third-order valence-electron chi connectivity index (χ3n) is 2.14. The number of morpholine rings is 1. The molecule has 0 aromatic heterocycles. The van der Waals surface area contributed by atoms with Crippen molar-refractivity contribution in [3.8, 4) is 0 Å². The molecule has 4 nitrogen and oxygen atoms in total. The van der Waals surface area contributed by atoms with Crippen LogP contribution in [0.15, 0.2) is 0 Å². The van der Waals surface area contributed by atoms with Crippen LogP contribution in [0, 0.1) is 0 Å². The van der Waals surface area contributed by atoms with E-state index in [2.05, 4.69) is 24.5 Å². The monoisotopic (exact) mass is 216 g/mol. The summed E-state index contributed by atoms with van der Waals surface area (Å²) in [5.74, 6) is 0.201. The van der Waals surface area contributed by atoms with Gasteiger partial charge in [-0.15, -0.1) is 0 Å². The second-order valence-corrected chi connectivity index (χ2v) is 3.34. The van der Waals surface area contributed by atoms with Gasteiger partial charge in [0.05, 0.1) is 6.61 Å². The Balaban J connectivity index is 0.000000336. The van der Waals surface area contributed by atoms with E-state index in [1.54, 1.807) is 0 Å². The molecule has 90 valence electrons. The molecule has 0 aromatic rings. The number of carbonyl (C=O) groups is 1. The third-order valence-corrected chi connectivity index (χ3v) is 2.14. The lowest BCUT2D eigenvalue weighted by Crippen LogP contribution is -2.42. The lowest BCUT2D eigenvalue weighted by molar-refractivity contribution is -0.131. The summed E-state index contributed by atoms with van der Waals surface area (Å²) < 4.78 is 5.22. The van der Waals surface area contributed by atoms with E-state index in [0.717, 1.165) is 19.6 Å². The summed E-state index contributed by atoms with van der Waals surface area (Å²) in [5.41, 5.74) is 0. The summed E-state index contributed by atoms with van der Waals surface area (Å²) in [6.07, 6.45) is 0.394. The molecule has 15 heavy (non-hydrogen) atoms. The van der Waals surface area contributed by atoms with Gasteiger partial charge in [-0.2, -0.15) is 0 Å². The molecule has 0 spiro atoms. The first-order chi connectivity index (χ1) is 7.26. The van der Waals surface area contributed by atoms with Crippen molar-refractivity contribution in [2.75, 3.05) is 32.8 Å². The van der Waals surface area contributed by atoms with Gasteiger partial charge in [-0.1, -0.05) is 20.8 Å². The molecular weight excluding hydrogens is 192 g/mol. The van der Waals surface area contributed by atoms with Gasteiger partial charge in [0.2, 0.25) is 0 Å². The molecule has 1 saturated heterocycles. The molecule has 1 heterocycles. The molecular formula is C11H24N2O2. The zero-order chi connectivity index (χ0) is 11.5. The van der Waals surface area contributed by atoms with Crippen LogP contribution in [0.3, 0.4) is 0 Å². The summed E-state index contributed by atoms with van der Waals surface area (Å²) in [7, 11) is 0. The topological polar surface area (TPSA) is 50.4 Å². The van der Waals surface area contributed by atoms with Gasteiger partial charge in [0, 0.05) is 19.5 Å². The Labute approximate surface area is 92.8 Å². The van der Waals surface area contributed by atoms with Crippen molar-refractivity contribution in [3.05, 3.63) is 0 Å². The lowest BCUT2D eigenvalue weighted by Gasteiger charge is -2.21. The Morgan fingerprint density at radius 2 is 2.07 bits per heavy atom. The average Bonchev–Trinajstić information content (AvgIpc) is 2.31. The Kier molecular flexibility index (Phi) is 9.78. The van der Waals surface area contributed by atoms with Crippen molar-refractivity contribution >= 4 is 5.78 Å². The van der Waals surface area contributed by atoms with Crippen LogP contribution in [0.25, 0.3) is 0 Å². The maximum atomic E-state index is 11.0. The minimum atomic E-state index is -0.182. The van der Waals surface area contributed by atoms with Gasteiger partial charge in [0.25, 0.3) is 0 Å². The van der Waals surface area contributed by atoms with Crippen LogP contribution in [0.1, 0.15) is 27.2 Å². The fourth-order valence-corrected chi connectivity index (χ4v) is 1.25. The van der Waals surface area contributed by atoms with Crippen molar-refractivity contribution in [1.29, 1.82) is 0 Å². The number of hydrogen-bond acceptors (Lipinski definition) is 4. The molecule has 0 amide bonds. The molecule has 1 atom stereocenters. The van der Waals surface area contributed by atoms with Crippen LogP contribution in [-0.2, 0) is 9.53 Å². The molecule has 0 saturated carbocycles. The van der Waals surface area contributed by atoms with Crippen molar-refractivity contribution in [3.63, 3.8) is 0 Å². The van der Waals surface area contributed by atoms with Crippen molar-refractivity contribution in [2.24, 2.45) is 0 Å². The summed E-state index contributed by atoms with van der Waals surface area (Å²) in [4.78, 5) is 11.0. The van der Waals surface area contributed by atoms with Gasteiger partial charge >= 0.3 is 0 Å². The second-order valence-electron chi connectivity index (χ2n) is 3.34. The highest BCUT2D eigenvalue weighted by Crippen LogP contribution is 1.99. The highest BCUT2D eigenvalue weighted by atomic mass is 16.5. The van der Waals surface area contributed by atoms with Crippen LogP contribution in [0.5, 0.6) is 0 Å². The van der Waals surface area contributed by atoms with Crippen LogP contribution < -0.4 is 10.6 Å². The SMILES string of the molecule is CCC(=O)C1CNCCO1.CCNCC. The average molecular weight is 216 g/mol. The van der Waals surface area contributed by atoms with Gasteiger partial charge in [0.15, 0.2) is 5.78 Å². The lowest BCUT2D eigenvalue weighted by atomic mass is 10.1. The highest BCUT2D eigenvalue weighted by molar-refractivity contribution is 5.83. The van der Waals surface area contributed by atoms with E-state index in [0.29, 0.717) is 19.6 Å². The number of ketones is 1. The van der Waals surface area contributed by atoms with Crippen LogP contribution >= 0.6 is 0 Å².